The van der Waals surface area contributed by atoms with Crippen molar-refractivity contribution in [3.63, 3.8) is 0 Å². The lowest BCUT2D eigenvalue weighted by atomic mass is 9.91. The minimum atomic E-state index is -1.09. The molecule has 1 saturated heterocycles. The first-order chi connectivity index (χ1) is 9.73. The van der Waals surface area contributed by atoms with Crippen LogP contribution in [-0.2, 0) is 14.3 Å². The highest BCUT2D eigenvalue weighted by Crippen LogP contribution is 2.36. The van der Waals surface area contributed by atoms with Crippen LogP contribution in [0.1, 0.15) is 37.9 Å². The summed E-state index contributed by atoms with van der Waals surface area (Å²) in [7, 11) is 0. The number of carboxylic acids is 1. The summed E-state index contributed by atoms with van der Waals surface area (Å²) in [6, 6.07) is 1.12. The summed E-state index contributed by atoms with van der Waals surface area (Å²) in [6.45, 7) is 7.30. The minimum Gasteiger partial charge on any atom is -0.479 e. The number of hydrogen-bond donors (Lipinski definition) is 1. The van der Waals surface area contributed by atoms with E-state index in [4.69, 9.17) is 4.74 Å². The summed E-state index contributed by atoms with van der Waals surface area (Å²) in [4.78, 5) is 29.5. The Morgan fingerprint density at radius 2 is 2.14 bits per heavy atom. The van der Waals surface area contributed by atoms with Crippen LogP contribution in [0.2, 0.25) is 0 Å². The molecule has 2 heterocycles. The zero-order valence-electron chi connectivity index (χ0n) is 12.7. The fourth-order valence-electron chi connectivity index (χ4n) is 2.70. The number of amides is 1. The zero-order valence-corrected chi connectivity index (χ0v) is 12.7. The monoisotopic (exact) mass is 292 g/mol. The lowest BCUT2D eigenvalue weighted by Crippen LogP contribution is -2.58. The Morgan fingerprint density at radius 3 is 2.67 bits per heavy atom. The SMILES string of the molecule is Cc1ccncc1C1C(C(=O)O)OCC(=O)N1C(C)(C)C. The number of rotatable bonds is 2. The second kappa shape index (κ2) is 5.44. The molecule has 6 heteroatoms. The van der Waals surface area contributed by atoms with E-state index in [1.165, 1.54) is 0 Å². The molecule has 0 radical (unpaired) electrons. The molecule has 2 rings (SSSR count). The molecule has 1 aliphatic heterocycles. The van der Waals surface area contributed by atoms with E-state index in [2.05, 4.69) is 4.98 Å². The van der Waals surface area contributed by atoms with E-state index < -0.39 is 23.7 Å². The van der Waals surface area contributed by atoms with Gasteiger partial charge in [-0.1, -0.05) is 0 Å². The van der Waals surface area contributed by atoms with Gasteiger partial charge < -0.3 is 14.7 Å². The maximum Gasteiger partial charge on any atom is 0.335 e. The van der Waals surface area contributed by atoms with Crippen LogP contribution in [0.4, 0.5) is 0 Å². The number of carbonyl (C=O) groups excluding carboxylic acids is 1. The molecule has 0 spiro atoms. The Bertz CT molecular complexity index is 565. The van der Waals surface area contributed by atoms with E-state index >= 15 is 0 Å². The van der Waals surface area contributed by atoms with Crippen LogP contribution in [0.15, 0.2) is 18.5 Å². The van der Waals surface area contributed by atoms with Crippen molar-refractivity contribution in [1.29, 1.82) is 0 Å². The van der Waals surface area contributed by atoms with Crippen molar-refractivity contribution in [2.45, 2.75) is 45.4 Å². The van der Waals surface area contributed by atoms with Gasteiger partial charge >= 0.3 is 5.97 Å². The molecule has 0 aromatic carbocycles. The molecule has 6 nitrogen and oxygen atoms in total. The van der Waals surface area contributed by atoms with Gasteiger partial charge in [-0.05, 0) is 44.9 Å². The highest BCUT2D eigenvalue weighted by atomic mass is 16.5. The highest BCUT2D eigenvalue weighted by molar-refractivity contribution is 5.83. The molecular weight excluding hydrogens is 272 g/mol. The molecule has 2 atom stereocenters. The van der Waals surface area contributed by atoms with E-state index in [-0.39, 0.29) is 12.5 Å². The molecule has 1 aromatic rings. The van der Waals surface area contributed by atoms with Crippen LogP contribution in [0.5, 0.6) is 0 Å². The van der Waals surface area contributed by atoms with Gasteiger partial charge in [-0.2, -0.15) is 0 Å². The number of hydrogen-bond acceptors (Lipinski definition) is 4. The summed E-state index contributed by atoms with van der Waals surface area (Å²) in [6.07, 6.45) is 2.16. The predicted octanol–water partition coefficient (Wildman–Crippen LogP) is 1.54. The third-order valence-electron chi connectivity index (χ3n) is 3.58. The number of morpholine rings is 1. The average molecular weight is 292 g/mol. The molecule has 1 aliphatic rings. The van der Waals surface area contributed by atoms with Crippen molar-refractivity contribution >= 4 is 11.9 Å². The third kappa shape index (κ3) is 2.90. The quantitative estimate of drug-likeness (QED) is 0.894. The molecule has 2 unspecified atom stereocenters. The molecular formula is C15H20N2O4. The van der Waals surface area contributed by atoms with Crippen molar-refractivity contribution in [2.24, 2.45) is 0 Å². The number of aliphatic carboxylic acids is 1. The van der Waals surface area contributed by atoms with Gasteiger partial charge in [-0.15, -0.1) is 0 Å². The number of carboxylic acid groups (broad SMARTS) is 1. The van der Waals surface area contributed by atoms with Crippen LogP contribution in [0, 0.1) is 6.92 Å². The van der Waals surface area contributed by atoms with Crippen molar-refractivity contribution < 1.29 is 19.4 Å². The molecule has 114 valence electrons. The molecule has 1 aromatic heterocycles. The predicted molar refractivity (Wildman–Crippen MR) is 75.7 cm³/mol. The molecule has 21 heavy (non-hydrogen) atoms. The van der Waals surface area contributed by atoms with Gasteiger partial charge in [0, 0.05) is 17.9 Å². The molecule has 0 aliphatic carbocycles. The first-order valence-corrected chi connectivity index (χ1v) is 6.80. The van der Waals surface area contributed by atoms with E-state index in [0.29, 0.717) is 5.56 Å². The van der Waals surface area contributed by atoms with Crippen molar-refractivity contribution in [3.05, 3.63) is 29.6 Å². The summed E-state index contributed by atoms with van der Waals surface area (Å²) in [5.41, 5.74) is 1.07. The van der Waals surface area contributed by atoms with Gasteiger partial charge in [0.05, 0.1) is 6.04 Å². The Labute approximate surface area is 123 Å². The smallest absolute Gasteiger partial charge is 0.335 e. The van der Waals surface area contributed by atoms with Crippen LogP contribution in [0.25, 0.3) is 0 Å². The largest absolute Gasteiger partial charge is 0.479 e. The maximum atomic E-state index is 12.3. The fraction of sp³-hybridized carbons (Fsp3) is 0.533. The summed E-state index contributed by atoms with van der Waals surface area (Å²) in [5, 5.41) is 9.45. The van der Waals surface area contributed by atoms with Gasteiger partial charge in [-0.25, -0.2) is 4.79 Å². The third-order valence-corrected chi connectivity index (χ3v) is 3.58. The summed E-state index contributed by atoms with van der Waals surface area (Å²) < 4.78 is 5.28. The lowest BCUT2D eigenvalue weighted by molar-refractivity contribution is -0.179. The highest BCUT2D eigenvalue weighted by Gasteiger charge is 2.46. The minimum absolute atomic E-state index is 0.215. The maximum absolute atomic E-state index is 12.3. The average Bonchev–Trinajstić information content (AvgIpc) is 2.37. The lowest BCUT2D eigenvalue weighted by Gasteiger charge is -2.47. The van der Waals surface area contributed by atoms with Crippen molar-refractivity contribution in [1.82, 2.24) is 9.88 Å². The van der Waals surface area contributed by atoms with E-state index in [9.17, 15) is 14.7 Å². The number of ether oxygens (including phenoxy) is 1. The molecule has 1 amide bonds. The van der Waals surface area contributed by atoms with E-state index in [1.54, 1.807) is 23.4 Å². The Morgan fingerprint density at radius 1 is 1.48 bits per heavy atom. The van der Waals surface area contributed by atoms with E-state index in [0.717, 1.165) is 5.56 Å². The van der Waals surface area contributed by atoms with Gasteiger partial charge in [0.2, 0.25) is 5.91 Å². The Kier molecular flexibility index (Phi) is 4.00. The molecule has 1 N–H and O–H groups in total. The van der Waals surface area contributed by atoms with Gasteiger partial charge in [-0.3, -0.25) is 9.78 Å². The first kappa shape index (κ1) is 15.4. The van der Waals surface area contributed by atoms with Gasteiger partial charge in [0.15, 0.2) is 6.10 Å². The number of aromatic nitrogens is 1. The molecule has 1 fully saturated rings. The Hall–Kier alpha value is -1.95. The first-order valence-electron chi connectivity index (χ1n) is 6.80. The number of aryl methyl sites for hydroxylation is 1. The topological polar surface area (TPSA) is 79.7 Å². The second-order valence-electron chi connectivity index (χ2n) is 6.18. The van der Waals surface area contributed by atoms with Crippen LogP contribution in [0.3, 0.4) is 0 Å². The van der Waals surface area contributed by atoms with E-state index in [1.807, 2.05) is 27.7 Å². The van der Waals surface area contributed by atoms with Crippen LogP contribution in [-0.4, -0.2) is 45.1 Å². The van der Waals surface area contributed by atoms with Crippen molar-refractivity contribution in [2.75, 3.05) is 6.61 Å². The summed E-state index contributed by atoms with van der Waals surface area (Å²) in [5.74, 6) is -1.29. The normalized spacial score (nSPS) is 23.2. The second-order valence-corrected chi connectivity index (χ2v) is 6.18. The van der Waals surface area contributed by atoms with Crippen LogP contribution < -0.4 is 0 Å². The zero-order chi connectivity index (χ0) is 15.8. The number of pyridine rings is 1. The number of nitrogens with zero attached hydrogens (tertiary/aromatic N) is 2. The van der Waals surface area contributed by atoms with Gasteiger partial charge in [0.1, 0.15) is 6.61 Å². The fourth-order valence-corrected chi connectivity index (χ4v) is 2.70. The van der Waals surface area contributed by atoms with Crippen molar-refractivity contribution in [3.8, 4) is 0 Å². The Balaban J connectivity index is 2.58. The van der Waals surface area contributed by atoms with Crippen LogP contribution >= 0.6 is 0 Å². The molecule has 0 saturated carbocycles. The summed E-state index contributed by atoms with van der Waals surface area (Å²) >= 11 is 0. The number of carbonyl (C=O) groups is 2. The molecule has 0 bridgehead atoms. The standard InChI is InChI=1S/C15H20N2O4/c1-9-5-6-16-7-10(9)12-13(14(19)20)21-8-11(18)17(12)15(2,3)4/h5-7,12-13H,8H2,1-4H3,(H,19,20). The van der Waals surface area contributed by atoms with Gasteiger partial charge in [0.25, 0.3) is 0 Å².